The van der Waals surface area contributed by atoms with Crippen LogP contribution < -0.4 is 0 Å². The Morgan fingerprint density at radius 3 is 2.81 bits per heavy atom. The Bertz CT molecular complexity index is 489. The number of ketones is 1. The minimum atomic E-state index is -0.626. The minimum Gasteiger partial charge on any atom is -0.469 e. The lowest BCUT2D eigenvalue weighted by Gasteiger charge is -2.35. The molecule has 0 bridgehead atoms. The summed E-state index contributed by atoms with van der Waals surface area (Å²) in [5.41, 5.74) is -0.593. The molecular formula is C15H21NO5. The maximum atomic E-state index is 12.4. The highest BCUT2D eigenvalue weighted by atomic mass is 16.6. The van der Waals surface area contributed by atoms with Crippen molar-refractivity contribution in [3.63, 3.8) is 0 Å². The fourth-order valence-electron chi connectivity index (χ4n) is 2.11. The van der Waals surface area contributed by atoms with Gasteiger partial charge in [0.15, 0.2) is 5.78 Å². The highest BCUT2D eigenvalue weighted by Gasteiger charge is 2.35. The molecule has 1 unspecified atom stereocenters. The van der Waals surface area contributed by atoms with Gasteiger partial charge in [0.05, 0.1) is 25.9 Å². The lowest BCUT2D eigenvalue weighted by Crippen LogP contribution is -2.54. The molecule has 1 aromatic rings. The van der Waals surface area contributed by atoms with Crippen molar-refractivity contribution in [2.75, 3.05) is 19.8 Å². The van der Waals surface area contributed by atoms with Gasteiger partial charge < -0.3 is 13.9 Å². The van der Waals surface area contributed by atoms with Gasteiger partial charge in [-0.05, 0) is 32.9 Å². The monoisotopic (exact) mass is 295 g/mol. The molecule has 1 fully saturated rings. The molecule has 6 heteroatoms. The van der Waals surface area contributed by atoms with Crippen LogP contribution in [0.15, 0.2) is 22.8 Å². The van der Waals surface area contributed by atoms with Crippen molar-refractivity contribution in [2.45, 2.75) is 38.8 Å². The second kappa shape index (κ2) is 6.30. The zero-order valence-electron chi connectivity index (χ0n) is 12.6. The molecule has 0 N–H and O–H groups in total. The van der Waals surface area contributed by atoms with Gasteiger partial charge in [-0.15, -0.1) is 0 Å². The molecule has 0 aromatic carbocycles. The van der Waals surface area contributed by atoms with Crippen molar-refractivity contribution in [3.05, 3.63) is 24.2 Å². The van der Waals surface area contributed by atoms with Crippen LogP contribution in [0.4, 0.5) is 4.79 Å². The number of amides is 1. The number of rotatable bonds is 3. The first kappa shape index (κ1) is 15.6. The van der Waals surface area contributed by atoms with Crippen molar-refractivity contribution in [2.24, 2.45) is 0 Å². The number of Topliss-reactive ketones (excluding diaryl/α,β-unsaturated/α-hetero) is 1. The Morgan fingerprint density at radius 1 is 1.43 bits per heavy atom. The third-order valence-electron chi connectivity index (χ3n) is 3.06. The van der Waals surface area contributed by atoms with E-state index in [1.165, 1.54) is 11.2 Å². The highest BCUT2D eigenvalue weighted by molar-refractivity contribution is 5.89. The van der Waals surface area contributed by atoms with Crippen molar-refractivity contribution in [3.8, 4) is 0 Å². The quantitative estimate of drug-likeness (QED) is 0.853. The lowest BCUT2D eigenvalue weighted by molar-refractivity contribution is -0.129. The maximum absolute atomic E-state index is 12.4. The number of carbonyl (C=O) groups excluding carboxylic acids is 2. The van der Waals surface area contributed by atoms with Gasteiger partial charge in [-0.1, -0.05) is 0 Å². The first-order valence-corrected chi connectivity index (χ1v) is 6.99. The predicted octanol–water partition coefficient (Wildman–Crippen LogP) is 2.03. The number of ether oxygens (including phenoxy) is 2. The van der Waals surface area contributed by atoms with Gasteiger partial charge >= 0.3 is 6.09 Å². The van der Waals surface area contributed by atoms with Crippen LogP contribution in [0.3, 0.4) is 0 Å². The number of nitrogens with zero attached hydrogens (tertiary/aromatic N) is 1. The number of hydrogen-bond donors (Lipinski definition) is 0. The van der Waals surface area contributed by atoms with E-state index < -0.39 is 17.7 Å². The molecule has 6 nitrogen and oxygen atoms in total. The fourth-order valence-corrected chi connectivity index (χ4v) is 2.11. The Balaban J connectivity index is 2.04. The molecule has 2 rings (SSSR count). The van der Waals surface area contributed by atoms with Crippen molar-refractivity contribution < 1.29 is 23.5 Å². The van der Waals surface area contributed by atoms with E-state index in [4.69, 9.17) is 13.9 Å². The molecule has 0 saturated carbocycles. The molecule has 1 atom stereocenters. The van der Waals surface area contributed by atoms with Gasteiger partial charge in [-0.25, -0.2) is 4.79 Å². The van der Waals surface area contributed by atoms with E-state index in [2.05, 4.69) is 0 Å². The first-order chi connectivity index (χ1) is 9.87. The van der Waals surface area contributed by atoms with Crippen molar-refractivity contribution >= 4 is 11.9 Å². The lowest BCUT2D eigenvalue weighted by atomic mass is 10.1. The molecule has 116 valence electrons. The maximum Gasteiger partial charge on any atom is 0.411 e. The molecule has 0 aliphatic carbocycles. The summed E-state index contributed by atoms with van der Waals surface area (Å²) < 4.78 is 15.9. The SMILES string of the molecule is CC(C)(C)OC(=O)N1CCOCC1C(=O)Cc1ccco1. The molecule has 2 heterocycles. The average Bonchev–Trinajstić information content (AvgIpc) is 2.89. The van der Waals surface area contributed by atoms with E-state index in [1.54, 1.807) is 32.9 Å². The minimum absolute atomic E-state index is 0.115. The zero-order chi connectivity index (χ0) is 15.5. The molecule has 0 radical (unpaired) electrons. The van der Waals surface area contributed by atoms with Crippen LogP contribution in [0.1, 0.15) is 26.5 Å². The van der Waals surface area contributed by atoms with Gasteiger partial charge in [0, 0.05) is 6.54 Å². The summed E-state index contributed by atoms with van der Waals surface area (Å²) in [5, 5.41) is 0. The van der Waals surface area contributed by atoms with E-state index in [9.17, 15) is 9.59 Å². The number of carbonyl (C=O) groups is 2. The second-order valence-electron chi connectivity index (χ2n) is 5.99. The summed E-state index contributed by atoms with van der Waals surface area (Å²) in [5.74, 6) is 0.463. The smallest absolute Gasteiger partial charge is 0.411 e. The van der Waals surface area contributed by atoms with Crippen LogP contribution in [-0.2, 0) is 20.7 Å². The molecule has 1 amide bonds. The van der Waals surface area contributed by atoms with Crippen molar-refractivity contribution in [1.82, 2.24) is 4.90 Å². The van der Waals surface area contributed by atoms with Crippen LogP contribution in [0.2, 0.25) is 0 Å². The van der Waals surface area contributed by atoms with Gasteiger partial charge in [-0.2, -0.15) is 0 Å². The summed E-state index contributed by atoms with van der Waals surface area (Å²) in [6.45, 7) is 6.34. The van der Waals surface area contributed by atoms with Gasteiger partial charge in [0.1, 0.15) is 17.4 Å². The summed E-state index contributed by atoms with van der Waals surface area (Å²) in [6.07, 6.45) is 1.18. The zero-order valence-corrected chi connectivity index (χ0v) is 12.6. The number of morpholine rings is 1. The van der Waals surface area contributed by atoms with Crippen LogP contribution in [-0.4, -0.2) is 48.2 Å². The van der Waals surface area contributed by atoms with Gasteiger partial charge in [0.25, 0.3) is 0 Å². The summed E-state index contributed by atoms with van der Waals surface area (Å²) in [4.78, 5) is 26.0. The Kier molecular flexibility index (Phi) is 4.67. The van der Waals surface area contributed by atoms with E-state index >= 15 is 0 Å². The van der Waals surface area contributed by atoms with Crippen LogP contribution in [0, 0.1) is 0 Å². The third kappa shape index (κ3) is 4.32. The molecular weight excluding hydrogens is 274 g/mol. The van der Waals surface area contributed by atoms with E-state index in [1.807, 2.05) is 0 Å². The number of hydrogen-bond acceptors (Lipinski definition) is 5. The third-order valence-corrected chi connectivity index (χ3v) is 3.06. The van der Waals surface area contributed by atoms with E-state index in [0.717, 1.165) is 0 Å². The van der Waals surface area contributed by atoms with Crippen LogP contribution >= 0.6 is 0 Å². The molecule has 21 heavy (non-hydrogen) atoms. The first-order valence-electron chi connectivity index (χ1n) is 6.99. The van der Waals surface area contributed by atoms with E-state index in [0.29, 0.717) is 18.9 Å². The van der Waals surface area contributed by atoms with Gasteiger partial charge in [0.2, 0.25) is 0 Å². The molecule has 1 aliphatic heterocycles. The standard InChI is InChI=1S/C15H21NO5/c1-15(2,3)21-14(18)16-6-8-19-10-12(16)13(17)9-11-5-4-7-20-11/h4-5,7,12H,6,8-10H2,1-3H3. The normalized spacial score (nSPS) is 19.4. The highest BCUT2D eigenvalue weighted by Crippen LogP contribution is 2.16. The molecule has 1 aromatic heterocycles. The topological polar surface area (TPSA) is 69.0 Å². The number of furan rings is 1. The Hall–Kier alpha value is -1.82. The van der Waals surface area contributed by atoms with Crippen molar-refractivity contribution in [1.29, 1.82) is 0 Å². The Labute approximate surface area is 124 Å². The summed E-state index contributed by atoms with van der Waals surface area (Å²) >= 11 is 0. The van der Waals surface area contributed by atoms with Gasteiger partial charge in [-0.3, -0.25) is 9.69 Å². The fraction of sp³-hybridized carbons (Fsp3) is 0.600. The Morgan fingerprint density at radius 2 is 2.19 bits per heavy atom. The largest absolute Gasteiger partial charge is 0.469 e. The summed E-state index contributed by atoms with van der Waals surface area (Å²) in [7, 11) is 0. The molecule has 1 saturated heterocycles. The second-order valence-corrected chi connectivity index (χ2v) is 5.99. The average molecular weight is 295 g/mol. The molecule has 1 aliphatic rings. The van der Waals surface area contributed by atoms with Crippen LogP contribution in [0.5, 0.6) is 0 Å². The van der Waals surface area contributed by atoms with Crippen LogP contribution in [0.25, 0.3) is 0 Å². The van der Waals surface area contributed by atoms with E-state index in [-0.39, 0.29) is 18.8 Å². The predicted molar refractivity (Wildman–Crippen MR) is 75.0 cm³/mol. The molecule has 0 spiro atoms. The summed E-state index contributed by atoms with van der Waals surface area (Å²) in [6, 6.07) is 2.84.